The maximum Gasteiger partial charge on any atom is 0.389 e. The van der Waals surface area contributed by atoms with E-state index in [0.29, 0.717) is 0 Å². The normalized spacial score (nSPS) is 15.1. The van der Waals surface area contributed by atoms with Crippen LogP contribution in [0.15, 0.2) is 24.3 Å². The predicted molar refractivity (Wildman–Crippen MR) is 65.4 cm³/mol. The van der Waals surface area contributed by atoms with Crippen molar-refractivity contribution in [1.29, 1.82) is 0 Å². The summed E-state index contributed by atoms with van der Waals surface area (Å²) in [5.41, 5.74) is -0.806. The van der Waals surface area contributed by atoms with E-state index in [4.69, 9.17) is 0 Å². The minimum atomic E-state index is -4.21. The van der Waals surface area contributed by atoms with Gasteiger partial charge in [-0.25, -0.2) is 4.39 Å². The Balaban J connectivity index is 2.63. The summed E-state index contributed by atoms with van der Waals surface area (Å²) in [6, 6.07) is 5.85. The van der Waals surface area contributed by atoms with Crippen LogP contribution in [0, 0.1) is 5.82 Å². The number of rotatable bonds is 6. The van der Waals surface area contributed by atoms with Gasteiger partial charge in [0.15, 0.2) is 0 Å². The average Bonchev–Trinajstić information content (AvgIpc) is 2.30. The minimum absolute atomic E-state index is 0.0946. The third-order valence-electron chi connectivity index (χ3n) is 2.85. The average molecular weight is 279 g/mol. The maximum atomic E-state index is 13.4. The first-order chi connectivity index (χ1) is 8.76. The molecule has 1 atom stereocenters. The van der Waals surface area contributed by atoms with Crippen LogP contribution in [0.4, 0.5) is 23.2 Å². The molecule has 2 N–H and O–H groups in total. The van der Waals surface area contributed by atoms with Gasteiger partial charge >= 0.3 is 6.18 Å². The first-order valence-electron chi connectivity index (χ1n) is 5.96. The minimum Gasteiger partial charge on any atom is -0.394 e. The Bertz CT molecular complexity index is 408. The fourth-order valence-electron chi connectivity index (χ4n) is 1.75. The summed E-state index contributed by atoms with van der Waals surface area (Å²) >= 11 is 0. The van der Waals surface area contributed by atoms with Gasteiger partial charge in [0.2, 0.25) is 0 Å². The molecule has 0 spiro atoms. The summed E-state index contributed by atoms with van der Waals surface area (Å²) in [6.45, 7) is 1.19. The second-order valence-corrected chi connectivity index (χ2v) is 4.79. The van der Waals surface area contributed by atoms with Crippen molar-refractivity contribution in [2.45, 2.75) is 37.9 Å². The van der Waals surface area contributed by atoms with Crippen LogP contribution >= 0.6 is 0 Å². The zero-order chi connectivity index (χ0) is 14.5. The molecule has 0 fully saturated rings. The van der Waals surface area contributed by atoms with E-state index < -0.39 is 24.0 Å². The lowest BCUT2D eigenvalue weighted by molar-refractivity contribution is -0.136. The lowest BCUT2D eigenvalue weighted by Gasteiger charge is -2.30. The van der Waals surface area contributed by atoms with Gasteiger partial charge in [-0.3, -0.25) is 0 Å². The topological polar surface area (TPSA) is 32.3 Å². The van der Waals surface area contributed by atoms with Crippen molar-refractivity contribution < 1.29 is 22.7 Å². The molecule has 1 aromatic carbocycles. The zero-order valence-electron chi connectivity index (χ0n) is 10.6. The van der Waals surface area contributed by atoms with E-state index in [0.717, 1.165) is 0 Å². The fraction of sp³-hybridized carbons (Fsp3) is 0.538. The number of para-hydroxylation sites is 1. The van der Waals surface area contributed by atoms with Gasteiger partial charge in [-0.2, -0.15) is 13.2 Å². The van der Waals surface area contributed by atoms with Crippen LogP contribution < -0.4 is 5.32 Å². The number of anilines is 1. The molecule has 0 heterocycles. The summed E-state index contributed by atoms with van der Waals surface area (Å²) in [6.07, 6.45) is -5.16. The van der Waals surface area contributed by atoms with Gasteiger partial charge in [0, 0.05) is 6.42 Å². The number of nitrogens with one attached hydrogen (secondary N) is 1. The largest absolute Gasteiger partial charge is 0.394 e. The Hall–Kier alpha value is -1.30. The Morgan fingerprint density at radius 3 is 2.32 bits per heavy atom. The highest BCUT2D eigenvalue weighted by atomic mass is 19.4. The quantitative estimate of drug-likeness (QED) is 0.778. The standard InChI is InChI=1S/C13H17F4NO/c1-12(9-19,7-4-8-13(15,16)17)18-11-6-3-2-5-10(11)14/h2-3,5-6,18-19H,4,7-9H2,1H3. The molecular weight excluding hydrogens is 262 g/mol. The van der Waals surface area contributed by atoms with Crippen molar-refractivity contribution in [3.8, 4) is 0 Å². The summed E-state index contributed by atoms with van der Waals surface area (Å²) in [5.74, 6) is -0.502. The first-order valence-corrected chi connectivity index (χ1v) is 5.96. The first kappa shape index (κ1) is 15.8. The number of halogens is 4. The molecule has 0 saturated carbocycles. The molecule has 2 nitrogen and oxygen atoms in total. The Morgan fingerprint density at radius 2 is 1.79 bits per heavy atom. The molecule has 1 unspecified atom stereocenters. The zero-order valence-corrected chi connectivity index (χ0v) is 10.6. The lowest BCUT2D eigenvalue weighted by Crippen LogP contribution is -2.39. The number of benzene rings is 1. The second kappa shape index (κ2) is 6.23. The molecule has 0 aliphatic rings. The van der Waals surface area contributed by atoms with Gasteiger partial charge in [-0.05, 0) is 31.9 Å². The summed E-state index contributed by atoms with van der Waals surface area (Å²) in [7, 11) is 0. The number of hydrogen-bond donors (Lipinski definition) is 2. The maximum absolute atomic E-state index is 13.4. The molecule has 1 aromatic rings. The summed E-state index contributed by atoms with van der Waals surface area (Å²) in [5, 5.41) is 12.1. The molecule has 0 amide bonds. The highest BCUT2D eigenvalue weighted by Crippen LogP contribution is 2.27. The monoisotopic (exact) mass is 279 g/mol. The lowest BCUT2D eigenvalue weighted by atomic mass is 9.95. The van der Waals surface area contributed by atoms with E-state index >= 15 is 0 Å². The van der Waals surface area contributed by atoms with Gasteiger partial charge in [0.25, 0.3) is 0 Å². The molecule has 108 valence electrons. The molecule has 0 saturated heterocycles. The Morgan fingerprint density at radius 1 is 1.16 bits per heavy atom. The molecule has 0 bridgehead atoms. The van der Waals surface area contributed by atoms with Crippen LogP contribution in [-0.4, -0.2) is 23.4 Å². The van der Waals surface area contributed by atoms with Crippen LogP contribution in [0.25, 0.3) is 0 Å². The van der Waals surface area contributed by atoms with Gasteiger partial charge in [-0.15, -0.1) is 0 Å². The highest BCUT2D eigenvalue weighted by molar-refractivity contribution is 5.46. The SMILES string of the molecule is CC(CO)(CCCC(F)(F)F)Nc1ccccc1F. The van der Waals surface area contributed by atoms with E-state index in [1.165, 1.54) is 18.2 Å². The summed E-state index contributed by atoms with van der Waals surface area (Å²) in [4.78, 5) is 0. The number of hydrogen-bond acceptors (Lipinski definition) is 2. The van der Waals surface area contributed by atoms with Gasteiger partial charge < -0.3 is 10.4 Å². The fourth-order valence-corrected chi connectivity index (χ4v) is 1.75. The van der Waals surface area contributed by atoms with E-state index in [1.807, 2.05) is 0 Å². The molecule has 19 heavy (non-hydrogen) atoms. The van der Waals surface area contributed by atoms with Crippen molar-refractivity contribution in [1.82, 2.24) is 0 Å². The van der Waals surface area contributed by atoms with E-state index in [2.05, 4.69) is 5.32 Å². The number of aliphatic hydroxyl groups is 1. The van der Waals surface area contributed by atoms with Crippen LogP contribution in [0.3, 0.4) is 0 Å². The van der Waals surface area contributed by atoms with Crippen molar-refractivity contribution in [3.05, 3.63) is 30.1 Å². The van der Waals surface area contributed by atoms with E-state index in [1.54, 1.807) is 13.0 Å². The van der Waals surface area contributed by atoms with Gasteiger partial charge in [0.1, 0.15) is 5.82 Å². The van der Waals surface area contributed by atoms with Crippen LogP contribution in [0.2, 0.25) is 0 Å². The number of alkyl halides is 3. The van der Waals surface area contributed by atoms with Crippen LogP contribution in [-0.2, 0) is 0 Å². The second-order valence-electron chi connectivity index (χ2n) is 4.79. The van der Waals surface area contributed by atoms with Crippen molar-refractivity contribution in [2.24, 2.45) is 0 Å². The summed E-state index contributed by atoms with van der Waals surface area (Å²) < 4.78 is 49.7. The Kier molecular flexibility index (Phi) is 5.17. The molecular formula is C13H17F4NO. The van der Waals surface area contributed by atoms with Gasteiger partial charge in [-0.1, -0.05) is 12.1 Å². The van der Waals surface area contributed by atoms with Crippen molar-refractivity contribution >= 4 is 5.69 Å². The third kappa shape index (κ3) is 5.46. The Labute approximate surface area is 109 Å². The van der Waals surface area contributed by atoms with E-state index in [-0.39, 0.29) is 25.1 Å². The molecule has 6 heteroatoms. The molecule has 0 aliphatic carbocycles. The van der Waals surface area contributed by atoms with E-state index in [9.17, 15) is 22.7 Å². The predicted octanol–water partition coefficient (Wildman–Crippen LogP) is 3.72. The molecule has 0 aliphatic heterocycles. The highest BCUT2D eigenvalue weighted by Gasteiger charge is 2.30. The molecule has 0 radical (unpaired) electrons. The smallest absolute Gasteiger partial charge is 0.389 e. The van der Waals surface area contributed by atoms with Gasteiger partial charge in [0.05, 0.1) is 17.8 Å². The van der Waals surface area contributed by atoms with Crippen molar-refractivity contribution in [3.63, 3.8) is 0 Å². The van der Waals surface area contributed by atoms with Crippen LogP contribution in [0.5, 0.6) is 0 Å². The third-order valence-corrected chi connectivity index (χ3v) is 2.85. The molecule has 0 aromatic heterocycles. The number of aliphatic hydroxyl groups excluding tert-OH is 1. The van der Waals surface area contributed by atoms with Crippen molar-refractivity contribution in [2.75, 3.05) is 11.9 Å². The molecule has 1 rings (SSSR count). The van der Waals surface area contributed by atoms with Crippen LogP contribution in [0.1, 0.15) is 26.2 Å².